The average molecular weight is 275 g/mol. The lowest BCUT2D eigenvalue weighted by Crippen LogP contribution is -2.21. The molecule has 82 valence electrons. The molecule has 0 radical (unpaired) electrons. The van der Waals surface area contributed by atoms with Gasteiger partial charge in [0.2, 0.25) is 0 Å². The molecule has 0 bridgehead atoms. The first-order chi connectivity index (χ1) is 7.24. The summed E-state index contributed by atoms with van der Waals surface area (Å²) < 4.78 is 0. The molecule has 1 aromatic rings. The van der Waals surface area contributed by atoms with Gasteiger partial charge in [0.05, 0.1) is 0 Å². The fraction of sp³-hybridized carbons (Fsp3) is 0.500. The summed E-state index contributed by atoms with van der Waals surface area (Å²) in [6, 6.07) is 4.34. The van der Waals surface area contributed by atoms with Gasteiger partial charge in [0.25, 0.3) is 0 Å². The molecule has 1 aliphatic carbocycles. The predicted molar refractivity (Wildman–Crippen MR) is 79.4 cm³/mol. The van der Waals surface area contributed by atoms with Crippen LogP contribution in [0, 0.1) is 0 Å². The molecule has 0 aliphatic heterocycles. The Morgan fingerprint density at radius 2 is 2.40 bits per heavy atom. The van der Waals surface area contributed by atoms with E-state index in [0.717, 1.165) is 13.6 Å². The zero-order valence-corrected chi connectivity index (χ0v) is 13.1. The quantitative estimate of drug-likeness (QED) is 0.739. The third-order valence-corrected chi connectivity index (χ3v) is 14.6. The molecule has 1 aromatic heterocycles. The van der Waals surface area contributed by atoms with Crippen LogP contribution in [0.1, 0.15) is 30.5 Å². The lowest BCUT2D eigenvalue weighted by molar-refractivity contribution is 0.593. The van der Waals surface area contributed by atoms with Crippen molar-refractivity contribution in [3.63, 3.8) is 0 Å². The summed E-state index contributed by atoms with van der Waals surface area (Å²) in [5, 5.41) is 0. The molecule has 5 heteroatoms. The number of hydrogen-bond acceptors (Lipinski definition) is 1. The smallest absolute Gasteiger partial charge is 0.0438 e. The highest BCUT2D eigenvalue weighted by Crippen LogP contribution is 2.72. The second kappa shape index (κ2) is 5.47. The molecule has 4 unspecified atom stereocenters. The zero-order valence-electron chi connectivity index (χ0n) is 8.85. The van der Waals surface area contributed by atoms with E-state index >= 15 is 0 Å². The van der Waals surface area contributed by atoms with Gasteiger partial charge in [-0.05, 0) is 36.0 Å². The van der Waals surface area contributed by atoms with Crippen molar-refractivity contribution >= 4 is 33.1 Å². The number of rotatable bonds is 2. The van der Waals surface area contributed by atoms with Crippen molar-refractivity contribution in [3.05, 3.63) is 29.6 Å². The standard InChI is InChI=1S/C10H17NP4/c1-7-8-3-2-6-11-9(8)4-5-10(7)15(13)14-12/h2-3,6-7,10,14H,4-5,12-13H2,1H3/t7-,10-,15?/m0/s1. The highest BCUT2D eigenvalue weighted by Gasteiger charge is 2.29. The summed E-state index contributed by atoms with van der Waals surface area (Å²) in [6.45, 7) is 2.37. The third-order valence-electron chi connectivity index (χ3n) is 3.18. The summed E-state index contributed by atoms with van der Waals surface area (Å²) in [4.78, 5) is 4.49. The van der Waals surface area contributed by atoms with Gasteiger partial charge >= 0.3 is 0 Å². The van der Waals surface area contributed by atoms with Crippen molar-refractivity contribution in [1.29, 1.82) is 0 Å². The molecular formula is C10H17NP4. The Hall–Kier alpha value is 0.870. The fourth-order valence-electron chi connectivity index (χ4n) is 2.29. The maximum absolute atomic E-state index is 4.49. The van der Waals surface area contributed by atoms with E-state index in [2.05, 4.69) is 41.9 Å². The van der Waals surface area contributed by atoms with Crippen molar-refractivity contribution in [3.8, 4) is 0 Å². The number of fused-ring (bicyclic) bond motifs is 1. The molecule has 2 rings (SSSR count). The fourth-order valence-corrected chi connectivity index (χ4v) is 8.11. The molecule has 0 N–H and O–H groups in total. The van der Waals surface area contributed by atoms with Crippen LogP contribution in [0.15, 0.2) is 18.3 Å². The third kappa shape index (κ3) is 2.58. The van der Waals surface area contributed by atoms with Crippen LogP contribution in [0.2, 0.25) is 0 Å². The van der Waals surface area contributed by atoms with Crippen molar-refractivity contribution in [2.75, 3.05) is 0 Å². The van der Waals surface area contributed by atoms with E-state index in [1.54, 1.807) is 0 Å². The number of pyridine rings is 1. The van der Waals surface area contributed by atoms with E-state index in [1.807, 2.05) is 6.20 Å². The SMILES string of the molecule is C[C@H]1c2cccnc2CC[C@@H]1P(P)PP. The molecule has 1 nitrogen and oxygen atoms in total. The van der Waals surface area contributed by atoms with Crippen LogP contribution in [0.25, 0.3) is 0 Å². The maximum Gasteiger partial charge on any atom is 0.0438 e. The van der Waals surface area contributed by atoms with E-state index in [4.69, 9.17) is 0 Å². The number of nitrogens with zero attached hydrogens (tertiary/aromatic N) is 1. The van der Waals surface area contributed by atoms with Gasteiger partial charge < -0.3 is 0 Å². The minimum atomic E-state index is 0.119. The van der Waals surface area contributed by atoms with Gasteiger partial charge in [-0.15, -0.1) is 17.9 Å². The molecule has 0 saturated heterocycles. The monoisotopic (exact) mass is 275 g/mol. The van der Waals surface area contributed by atoms with Gasteiger partial charge in [0.15, 0.2) is 0 Å². The van der Waals surface area contributed by atoms with Gasteiger partial charge in [-0.25, -0.2) is 0 Å². The van der Waals surface area contributed by atoms with Gasteiger partial charge in [0, 0.05) is 11.9 Å². The van der Waals surface area contributed by atoms with Crippen LogP contribution in [0.5, 0.6) is 0 Å². The summed E-state index contributed by atoms with van der Waals surface area (Å²) >= 11 is 0. The molecule has 0 spiro atoms. The molecule has 0 amide bonds. The van der Waals surface area contributed by atoms with Gasteiger partial charge in [-0.3, -0.25) is 4.98 Å². The van der Waals surface area contributed by atoms with Crippen LogP contribution in [0.3, 0.4) is 0 Å². The zero-order chi connectivity index (χ0) is 10.8. The molecular weight excluding hydrogens is 258 g/mol. The van der Waals surface area contributed by atoms with Crippen molar-refractivity contribution < 1.29 is 0 Å². The Kier molecular flexibility index (Phi) is 4.50. The van der Waals surface area contributed by atoms with E-state index in [-0.39, 0.29) is 7.30 Å². The first-order valence-electron chi connectivity index (χ1n) is 5.18. The molecule has 6 atom stereocenters. The van der Waals surface area contributed by atoms with Crippen LogP contribution in [0.4, 0.5) is 0 Å². The Bertz CT molecular complexity index is 344. The lowest BCUT2D eigenvalue weighted by atomic mass is 9.86. The van der Waals surface area contributed by atoms with E-state index in [1.165, 1.54) is 24.1 Å². The van der Waals surface area contributed by atoms with E-state index < -0.39 is 0 Å². The van der Waals surface area contributed by atoms with Gasteiger partial charge in [0.1, 0.15) is 0 Å². The number of aromatic nitrogens is 1. The molecule has 1 aliphatic rings. The predicted octanol–water partition coefficient (Wildman–Crippen LogP) is 4.16. The van der Waals surface area contributed by atoms with Gasteiger partial charge in [-0.2, -0.15) is 0 Å². The second-order valence-corrected chi connectivity index (χ2v) is 13.6. The largest absolute Gasteiger partial charge is 0.261 e. The molecule has 15 heavy (non-hydrogen) atoms. The van der Waals surface area contributed by atoms with E-state index in [9.17, 15) is 0 Å². The van der Waals surface area contributed by atoms with Crippen LogP contribution in [-0.2, 0) is 6.42 Å². The Morgan fingerprint density at radius 3 is 3.13 bits per heavy atom. The van der Waals surface area contributed by atoms with Crippen LogP contribution >= 0.6 is 33.1 Å². The molecule has 0 fully saturated rings. The minimum Gasteiger partial charge on any atom is -0.261 e. The van der Waals surface area contributed by atoms with Crippen LogP contribution in [-0.4, -0.2) is 10.6 Å². The van der Waals surface area contributed by atoms with E-state index in [0.29, 0.717) is 5.92 Å². The van der Waals surface area contributed by atoms with Crippen molar-refractivity contribution in [1.82, 2.24) is 4.98 Å². The first-order valence-corrected chi connectivity index (χ1v) is 11.9. The lowest BCUT2D eigenvalue weighted by Gasteiger charge is -2.34. The number of aryl methyl sites for hydroxylation is 1. The first kappa shape index (κ1) is 12.3. The Balaban J connectivity index is 2.25. The van der Waals surface area contributed by atoms with Crippen LogP contribution < -0.4 is 0 Å². The highest BCUT2D eigenvalue weighted by atomic mass is 32.6. The normalized spacial score (nSPS) is 27.9. The summed E-state index contributed by atoms with van der Waals surface area (Å²) in [5.41, 5.74) is 3.70. The molecule has 0 saturated carbocycles. The Labute approximate surface area is 99.2 Å². The highest BCUT2D eigenvalue weighted by molar-refractivity contribution is 8.61. The minimum absolute atomic E-state index is 0.119. The van der Waals surface area contributed by atoms with Crippen molar-refractivity contribution in [2.45, 2.75) is 31.3 Å². The molecule has 1 heterocycles. The Morgan fingerprint density at radius 1 is 1.60 bits per heavy atom. The summed E-state index contributed by atoms with van der Waals surface area (Å²) in [6.07, 6.45) is 4.42. The number of hydrogen-bond donors (Lipinski definition) is 0. The second-order valence-electron chi connectivity index (χ2n) is 3.97. The summed E-state index contributed by atoms with van der Waals surface area (Å²) in [5.74, 6) is 0.694. The van der Waals surface area contributed by atoms with Gasteiger partial charge in [-0.1, -0.05) is 28.2 Å². The van der Waals surface area contributed by atoms with Crippen molar-refractivity contribution in [2.24, 2.45) is 0 Å². The summed E-state index contributed by atoms with van der Waals surface area (Å²) in [7, 11) is 7.12. The molecule has 0 aromatic carbocycles. The maximum atomic E-state index is 4.49. The average Bonchev–Trinajstić information content (AvgIpc) is 2.29. The topological polar surface area (TPSA) is 12.9 Å².